The highest BCUT2D eigenvalue weighted by molar-refractivity contribution is 5.32. The number of aromatic hydroxyl groups is 1. The molecule has 1 unspecified atom stereocenters. The van der Waals surface area contributed by atoms with E-state index < -0.39 is 0 Å². The third kappa shape index (κ3) is 4.68. The van der Waals surface area contributed by atoms with E-state index in [0.29, 0.717) is 25.1 Å². The molecule has 0 fully saturated rings. The van der Waals surface area contributed by atoms with Gasteiger partial charge in [-0.2, -0.15) is 0 Å². The highest BCUT2D eigenvalue weighted by Crippen LogP contribution is 2.17. The van der Waals surface area contributed by atoms with Crippen LogP contribution >= 0.6 is 0 Å². The zero-order valence-corrected chi connectivity index (χ0v) is 9.82. The molecule has 0 saturated heterocycles. The second kappa shape index (κ2) is 7.21. The number of aliphatic hydroxyl groups is 1. The molecule has 0 radical (unpaired) electrons. The van der Waals surface area contributed by atoms with Crippen molar-refractivity contribution >= 4 is 0 Å². The molecule has 1 rings (SSSR count). The predicted molar refractivity (Wildman–Crippen MR) is 62.3 cm³/mol. The summed E-state index contributed by atoms with van der Waals surface area (Å²) in [5, 5.41) is 21.5. The van der Waals surface area contributed by atoms with Crippen LogP contribution in [0.1, 0.15) is 12.0 Å². The molecular weight excluding hydrogens is 225 g/mol. The Hall–Kier alpha value is -1.17. The van der Waals surface area contributed by atoms with Crippen LogP contribution in [-0.4, -0.2) is 36.6 Å². The maximum Gasteiger partial charge on any atom is 0.123 e. The van der Waals surface area contributed by atoms with E-state index in [9.17, 15) is 9.50 Å². The van der Waals surface area contributed by atoms with Gasteiger partial charge in [0.25, 0.3) is 0 Å². The van der Waals surface area contributed by atoms with E-state index in [2.05, 4.69) is 5.32 Å². The summed E-state index contributed by atoms with van der Waals surface area (Å²) in [4.78, 5) is 0. The van der Waals surface area contributed by atoms with E-state index in [1.54, 1.807) is 7.11 Å². The van der Waals surface area contributed by atoms with Crippen LogP contribution in [-0.2, 0) is 11.3 Å². The molecule has 1 aromatic rings. The van der Waals surface area contributed by atoms with Gasteiger partial charge in [-0.05, 0) is 24.6 Å². The fourth-order valence-electron chi connectivity index (χ4n) is 1.55. The minimum absolute atomic E-state index is 0.0207. The Morgan fingerprint density at radius 2 is 2.24 bits per heavy atom. The number of ether oxygens (including phenoxy) is 1. The average molecular weight is 243 g/mol. The molecule has 4 nitrogen and oxygen atoms in total. The van der Waals surface area contributed by atoms with Crippen LogP contribution in [0.4, 0.5) is 4.39 Å². The molecule has 0 saturated carbocycles. The highest BCUT2D eigenvalue weighted by atomic mass is 19.1. The first-order chi connectivity index (χ1) is 8.17. The monoisotopic (exact) mass is 243 g/mol. The fourth-order valence-corrected chi connectivity index (χ4v) is 1.55. The SMILES string of the molecule is COCC(CCO)NCc1cc(F)ccc1O. The van der Waals surface area contributed by atoms with Gasteiger partial charge in [-0.1, -0.05) is 0 Å². The molecule has 3 N–H and O–H groups in total. The number of aliphatic hydroxyl groups excluding tert-OH is 1. The maximum absolute atomic E-state index is 13.0. The smallest absolute Gasteiger partial charge is 0.123 e. The molecule has 1 atom stereocenters. The Morgan fingerprint density at radius 1 is 1.47 bits per heavy atom. The van der Waals surface area contributed by atoms with Crippen molar-refractivity contribution in [1.29, 1.82) is 0 Å². The minimum Gasteiger partial charge on any atom is -0.508 e. The zero-order chi connectivity index (χ0) is 12.7. The number of methoxy groups -OCH3 is 1. The zero-order valence-electron chi connectivity index (χ0n) is 9.82. The van der Waals surface area contributed by atoms with Gasteiger partial charge in [0, 0.05) is 31.9 Å². The Balaban J connectivity index is 2.55. The van der Waals surface area contributed by atoms with Crippen LogP contribution in [0.15, 0.2) is 18.2 Å². The van der Waals surface area contributed by atoms with Crippen molar-refractivity contribution in [2.75, 3.05) is 20.3 Å². The molecular formula is C12H18FNO3. The summed E-state index contributed by atoms with van der Waals surface area (Å²) in [5.41, 5.74) is 0.490. The van der Waals surface area contributed by atoms with Crippen molar-refractivity contribution in [2.45, 2.75) is 19.0 Å². The first-order valence-electron chi connectivity index (χ1n) is 5.48. The number of phenolic OH excluding ortho intramolecular Hbond substituents is 1. The first kappa shape index (κ1) is 13.9. The molecule has 0 aromatic heterocycles. The van der Waals surface area contributed by atoms with Crippen LogP contribution in [0.5, 0.6) is 5.75 Å². The third-order valence-electron chi connectivity index (χ3n) is 2.47. The Labute approximate surface area is 100 Å². The van der Waals surface area contributed by atoms with E-state index in [-0.39, 0.29) is 24.2 Å². The van der Waals surface area contributed by atoms with Gasteiger partial charge in [0.05, 0.1) is 6.61 Å². The summed E-state index contributed by atoms with van der Waals surface area (Å²) in [6, 6.07) is 3.79. The van der Waals surface area contributed by atoms with Crippen molar-refractivity contribution in [3.05, 3.63) is 29.6 Å². The average Bonchev–Trinajstić information content (AvgIpc) is 2.30. The quantitative estimate of drug-likeness (QED) is 0.669. The molecule has 0 aliphatic carbocycles. The Morgan fingerprint density at radius 3 is 2.88 bits per heavy atom. The molecule has 96 valence electrons. The highest BCUT2D eigenvalue weighted by Gasteiger charge is 2.09. The van der Waals surface area contributed by atoms with E-state index in [1.165, 1.54) is 18.2 Å². The van der Waals surface area contributed by atoms with E-state index in [1.807, 2.05) is 0 Å². The molecule has 0 aliphatic heterocycles. The van der Waals surface area contributed by atoms with E-state index >= 15 is 0 Å². The number of nitrogens with one attached hydrogen (secondary N) is 1. The van der Waals surface area contributed by atoms with Gasteiger partial charge in [0.2, 0.25) is 0 Å². The normalized spacial score (nSPS) is 12.6. The largest absolute Gasteiger partial charge is 0.508 e. The van der Waals surface area contributed by atoms with Crippen LogP contribution in [0.3, 0.4) is 0 Å². The number of rotatable bonds is 7. The number of hydrogen-bond donors (Lipinski definition) is 3. The van der Waals surface area contributed by atoms with Crippen LogP contribution in [0.25, 0.3) is 0 Å². The number of benzene rings is 1. The summed E-state index contributed by atoms with van der Waals surface area (Å²) >= 11 is 0. The van der Waals surface area contributed by atoms with Gasteiger partial charge < -0.3 is 20.3 Å². The molecule has 5 heteroatoms. The van der Waals surface area contributed by atoms with Gasteiger partial charge in [-0.3, -0.25) is 0 Å². The lowest BCUT2D eigenvalue weighted by Crippen LogP contribution is -2.33. The molecule has 0 heterocycles. The molecule has 1 aromatic carbocycles. The molecule has 17 heavy (non-hydrogen) atoms. The first-order valence-corrected chi connectivity index (χ1v) is 5.48. The summed E-state index contributed by atoms with van der Waals surface area (Å²) in [5.74, 6) is -0.330. The standard InChI is InChI=1S/C12H18FNO3/c1-17-8-11(4-5-15)14-7-9-6-10(13)2-3-12(9)16/h2-3,6,11,14-16H,4-5,7-8H2,1H3. The van der Waals surface area contributed by atoms with Crippen LogP contribution < -0.4 is 5.32 Å². The van der Waals surface area contributed by atoms with Crippen LogP contribution in [0, 0.1) is 5.82 Å². The Bertz CT molecular complexity index is 341. The Kier molecular flexibility index (Phi) is 5.90. The van der Waals surface area contributed by atoms with Gasteiger partial charge in [0.1, 0.15) is 11.6 Å². The third-order valence-corrected chi connectivity index (χ3v) is 2.47. The lowest BCUT2D eigenvalue weighted by atomic mass is 10.1. The molecule has 0 bridgehead atoms. The summed E-state index contributed by atoms with van der Waals surface area (Å²) in [6.07, 6.45) is 0.546. The van der Waals surface area contributed by atoms with E-state index in [4.69, 9.17) is 9.84 Å². The van der Waals surface area contributed by atoms with Crippen molar-refractivity contribution < 1.29 is 19.3 Å². The van der Waals surface area contributed by atoms with Crippen molar-refractivity contribution in [3.8, 4) is 5.75 Å². The topological polar surface area (TPSA) is 61.7 Å². The van der Waals surface area contributed by atoms with Gasteiger partial charge >= 0.3 is 0 Å². The molecule has 0 spiro atoms. The molecule has 0 amide bonds. The van der Waals surface area contributed by atoms with E-state index in [0.717, 1.165) is 0 Å². The van der Waals surface area contributed by atoms with Crippen LogP contribution in [0.2, 0.25) is 0 Å². The summed E-state index contributed by atoms with van der Waals surface area (Å²) in [6.45, 7) is 0.838. The van der Waals surface area contributed by atoms with Gasteiger partial charge in [-0.25, -0.2) is 4.39 Å². The summed E-state index contributed by atoms with van der Waals surface area (Å²) in [7, 11) is 1.58. The fraction of sp³-hybridized carbons (Fsp3) is 0.500. The lowest BCUT2D eigenvalue weighted by Gasteiger charge is -2.17. The number of halogens is 1. The van der Waals surface area contributed by atoms with Crippen molar-refractivity contribution in [3.63, 3.8) is 0 Å². The maximum atomic E-state index is 13.0. The van der Waals surface area contributed by atoms with Gasteiger partial charge in [0.15, 0.2) is 0 Å². The number of phenols is 1. The second-order valence-electron chi connectivity index (χ2n) is 3.82. The second-order valence-corrected chi connectivity index (χ2v) is 3.82. The van der Waals surface area contributed by atoms with Crippen molar-refractivity contribution in [1.82, 2.24) is 5.32 Å². The van der Waals surface area contributed by atoms with Crippen molar-refractivity contribution in [2.24, 2.45) is 0 Å². The molecule has 0 aliphatic rings. The number of hydrogen-bond acceptors (Lipinski definition) is 4. The predicted octanol–water partition coefficient (Wildman–Crippen LogP) is 1.02. The minimum atomic E-state index is -0.384. The summed E-state index contributed by atoms with van der Waals surface area (Å²) < 4.78 is 18.0. The van der Waals surface area contributed by atoms with Gasteiger partial charge in [-0.15, -0.1) is 0 Å². The lowest BCUT2D eigenvalue weighted by molar-refractivity contribution is 0.148.